The molecule has 1 aliphatic rings. The van der Waals surface area contributed by atoms with Crippen molar-refractivity contribution in [1.29, 1.82) is 0 Å². The fourth-order valence-corrected chi connectivity index (χ4v) is 3.29. The Labute approximate surface area is 162 Å². The zero-order valence-corrected chi connectivity index (χ0v) is 15.5. The lowest BCUT2D eigenvalue weighted by Gasteiger charge is -2.34. The summed E-state index contributed by atoms with van der Waals surface area (Å²) in [7, 11) is 0. The molecule has 1 fully saturated rings. The van der Waals surface area contributed by atoms with Gasteiger partial charge in [-0.25, -0.2) is 4.98 Å². The number of hydrogen-bond donors (Lipinski definition) is 2. The maximum absolute atomic E-state index is 12.7. The van der Waals surface area contributed by atoms with Gasteiger partial charge in [-0.1, -0.05) is 18.2 Å². The van der Waals surface area contributed by atoms with Gasteiger partial charge in [0.25, 0.3) is 0 Å². The molecular weight excluding hydrogens is 371 g/mol. The van der Waals surface area contributed by atoms with Crippen LogP contribution >= 0.6 is 0 Å². The summed E-state index contributed by atoms with van der Waals surface area (Å²) in [5.74, 6) is 1.30. The average molecular weight is 395 g/mol. The number of aliphatic hydroxyl groups is 1. The Balaban J connectivity index is 1.58. The third-order valence-corrected chi connectivity index (χ3v) is 4.72. The van der Waals surface area contributed by atoms with Crippen molar-refractivity contribution in [1.82, 2.24) is 10.3 Å². The maximum atomic E-state index is 12.7. The second kappa shape index (κ2) is 9.25. The SMILES string of the molecule is OCCOc1ccccc1CN[C@H]1CCCN(c2ccc(C(F)(F)F)cn2)C1. The van der Waals surface area contributed by atoms with Crippen molar-refractivity contribution in [3.63, 3.8) is 0 Å². The molecule has 1 aromatic heterocycles. The Morgan fingerprint density at radius 2 is 2.04 bits per heavy atom. The van der Waals surface area contributed by atoms with E-state index < -0.39 is 11.7 Å². The largest absolute Gasteiger partial charge is 0.491 e. The van der Waals surface area contributed by atoms with Gasteiger partial charge in [-0.05, 0) is 31.0 Å². The van der Waals surface area contributed by atoms with E-state index in [0.29, 0.717) is 18.9 Å². The van der Waals surface area contributed by atoms with E-state index in [1.165, 1.54) is 6.07 Å². The quantitative estimate of drug-likeness (QED) is 0.754. The Bertz CT molecular complexity index is 753. The van der Waals surface area contributed by atoms with Crippen molar-refractivity contribution >= 4 is 5.82 Å². The standard InChI is InChI=1S/C20H24F3N3O2/c21-20(22,23)16-7-8-19(25-13-16)26-9-3-5-17(14-26)24-12-15-4-1-2-6-18(15)28-11-10-27/h1-2,4,6-8,13,17,24,27H,3,5,9-12,14H2/t17-/m0/s1. The smallest absolute Gasteiger partial charge is 0.417 e. The van der Waals surface area contributed by atoms with Crippen LogP contribution in [0.25, 0.3) is 0 Å². The van der Waals surface area contributed by atoms with Crippen LogP contribution in [0, 0.1) is 0 Å². The summed E-state index contributed by atoms with van der Waals surface area (Å²) in [4.78, 5) is 6.01. The van der Waals surface area contributed by atoms with Crippen LogP contribution in [-0.4, -0.2) is 42.4 Å². The number of nitrogens with one attached hydrogen (secondary N) is 1. The highest BCUT2D eigenvalue weighted by Gasteiger charge is 2.31. The normalized spacial score (nSPS) is 17.6. The average Bonchev–Trinajstić information content (AvgIpc) is 2.71. The second-order valence-electron chi connectivity index (χ2n) is 6.75. The number of rotatable bonds is 7. The maximum Gasteiger partial charge on any atom is 0.417 e. The van der Waals surface area contributed by atoms with E-state index in [9.17, 15) is 13.2 Å². The number of alkyl halides is 3. The summed E-state index contributed by atoms with van der Waals surface area (Å²) in [5, 5.41) is 12.4. The monoisotopic (exact) mass is 395 g/mol. The molecule has 0 radical (unpaired) electrons. The number of nitrogens with zero attached hydrogens (tertiary/aromatic N) is 2. The topological polar surface area (TPSA) is 57.6 Å². The van der Waals surface area contributed by atoms with Gasteiger partial charge in [-0.2, -0.15) is 13.2 Å². The molecule has 8 heteroatoms. The van der Waals surface area contributed by atoms with Crippen LogP contribution in [0.15, 0.2) is 42.6 Å². The summed E-state index contributed by atoms with van der Waals surface area (Å²) < 4.78 is 43.7. The van der Waals surface area contributed by atoms with Gasteiger partial charge in [0.15, 0.2) is 0 Å². The molecule has 0 unspecified atom stereocenters. The second-order valence-corrected chi connectivity index (χ2v) is 6.75. The number of benzene rings is 1. The molecule has 1 saturated heterocycles. The molecule has 2 aromatic rings. The lowest BCUT2D eigenvalue weighted by atomic mass is 10.0. The van der Waals surface area contributed by atoms with Crippen LogP contribution in [0.5, 0.6) is 5.75 Å². The summed E-state index contributed by atoms with van der Waals surface area (Å²) in [5.41, 5.74) is 0.267. The molecule has 1 atom stereocenters. The van der Waals surface area contributed by atoms with E-state index in [2.05, 4.69) is 10.3 Å². The minimum absolute atomic E-state index is 0.0422. The van der Waals surface area contributed by atoms with E-state index in [-0.39, 0.29) is 19.3 Å². The number of para-hydroxylation sites is 1. The minimum atomic E-state index is -4.37. The Morgan fingerprint density at radius 1 is 1.21 bits per heavy atom. The lowest BCUT2D eigenvalue weighted by molar-refractivity contribution is -0.137. The minimum Gasteiger partial charge on any atom is -0.491 e. The number of aliphatic hydroxyl groups excluding tert-OH is 1. The number of pyridine rings is 1. The van der Waals surface area contributed by atoms with E-state index in [1.54, 1.807) is 0 Å². The molecular formula is C20H24F3N3O2. The number of ether oxygens (including phenoxy) is 1. The van der Waals surface area contributed by atoms with Gasteiger partial charge in [0, 0.05) is 37.4 Å². The van der Waals surface area contributed by atoms with E-state index >= 15 is 0 Å². The molecule has 152 valence electrons. The third kappa shape index (κ3) is 5.36. The predicted molar refractivity (Wildman–Crippen MR) is 100 cm³/mol. The zero-order valence-electron chi connectivity index (χ0n) is 15.5. The highest BCUT2D eigenvalue weighted by atomic mass is 19.4. The number of halogens is 3. The molecule has 0 amide bonds. The molecule has 0 saturated carbocycles. The van der Waals surface area contributed by atoms with Crippen molar-refractivity contribution in [3.05, 3.63) is 53.7 Å². The third-order valence-electron chi connectivity index (χ3n) is 4.72. The first kappa shape index (κ1) is 20.4. The van der Waals surface area contributed by atoms with Crippen molar-refractivity contribution in [3.8, 4) is 5.75 Å². The van der Waals surface area contributed by atoms with Crippen molar-refractivity contribution in [2.24, 2.45) is 0 Å². The fourth-order valence-electron chi connectivity index (χ4n) is 3.29. The molecule has 5 nitrogen and oxygen atoms in total. The molecule has 0 aliphatic carbocycles. The van der Waals surface area contributed by atoms with Gasteiger partial charge < -0.3 is 20.1 Å². The summed E-state index contributed by atoms with van der Waals surface area (Å²) in [6, 6.07) is 10.4. The van der Waals surface area contributed by atoms with E-state index in [1.807, 2.05) is 29.2 Å². The first-order valence-electron chi connectivity index (χ1n) is 9.30. The number of hydrogen-bond acceptors (Lipinski definition) is 5. The van der Waals surface area contributed by atoms with Gasteiger partial charge in [0.05, 0.1) is 12.2 Å². The molecule has 1 aliphatic heterocycles. The van der Waals surface area contributed by atoms with Crippen molar-refractivity contribution in [2.75, 3.05) is 31.2 Å². The molecule has 0 spiro atoms. The summed E-state index contributed by atoms with van der Waals surface area (Å²) in [6.45, 7) is 2.26. The number of piperidine rings is 1. The molecule has 2 heterocycles. The van der Waals surface area contributed by atoms with Crippen molar-refractivity contribution < 1.29 is 23.0 Å². The number of anilines is 1. The zero-order chi connectivity index (χ0) is 20.0. The predicted octanol–water partition coefficient (Wildman–Crippen LogP) is 3.23. The molecule has 0 bridgehead atoms. The summed E-state index contributed by atoms with van der Waals surface area (Å²) in [6.07, 6.45) is -1.57. The van der Waals surface area contributed by atoms with Crippen LogP contribution in [-0.2, 0) is 12.7 Å². The van der Waals surface area contributed by atoms with Crippen LogP contribution < -0.4 is 15.0 Å². The number of aromatic nitrogens is 1. The van der Waals surface area contributed by atoms with Gasteiger partial charge in [0.2, 0.25) is 0 Å². The van der Waals surface area contributed by atoms with E-state index in [4.69, 9.17) is 9.84 Å². The van der Waals surface area contributed by atoms with Gasteiger partial charge in [-0.3, -0.25) is 0 Å². The Kier molecular flexibility index (Phi) is 6.74. The van der Waals surface area contributed by atoms with Crippen LogP contribution in [0.1, 0.15) is 24.0 Å². The van der Waals surface area contributed by atoms with Crippen molar-refractivity contribution in [2.45, 2.75) is 31.6 Å². The van der Waals surface area contributed by atoms with Crippen LogP contribution in [0.2, 0.25) is 0 Å². The molecule has 28 heavy (non-hydrogen) atoms. The highest BCUT2D eigenvalue weighted by Crippen LogP contribution is 2.30. The molecule has 2 N–H and O–H groups in total. The first-order valence-corrected chi connectivity index (χ1v) is 9.30. The highest BCUT2D eigenvalue weighted by molar-refractivity contribution is 5.40. The van der Waals surface area contributed by atoms with Gasteiger partial charge >= 0.3 is 6.18 Å². The first-order chi connectivity index (χ1) is 13.5. The molecule has 3 rings (SSSR count). The van der Waals surface area contributed by atoms with Crippen LogP contribution in [0.4, 0.5) is 19.0 Å². The Morgan fingerprint density at radius 3 is 2.75 bits per heavy atom. The van der Waals surface area contributed by atoms with E-state index in [0.717, 1.165) is 43.0 Å². The van der Waals surface area contributed by atoms with Gasteiger partial charge in [0.1, 0.15) is 18.2 Å². The lowest BCUT2D eigenvalue weighted by Crippen LogP contribution is -2.45. The summed E-state index contributed by atoms with van der Waals surface area (Å²) >= 11 is 0. The Hall–Kier alpha value is -2.32. The molecule has 1 aromatic carbocycles. The fraction of sp³-hybridized carbons (Fsp3) is 0.450. The van der Waals surface area contributed by atoms with Gasteiger partial charge in [-0.15, -0.1) is 0 Å². The van der Waals surface area contributed by atoms with Crippen LogP contribution in [0.3, 0.4) is 0 Å².